The Kier molecular flexibility index (Phi) is 7.49. The van der Waals surface area contributed by atoms with E-state index < -0.39 is 0 Å². The maximum atomic E-state index is 13.1. The molecule has 36 heavy (non-hydrogen) atoms. The molecule has 2 heterocycles. The molecule has 0 bridgehead atoms. The van der Waals surface area contributed by atoms with Crippen LogP contribution in [0.5, 0.6) is 5.75 Å². The van der Waals surface area contributed by atoms with Crippen LogP contribution in [0.15, 0.2) is 72.3 Å². The predicted molar refractivity (Wildman–Crippen MR) is 147 cm³/mol. The van der Waals surface area contributed by atoms with E-state index in [1.807, 2.05) is 24.3 Å². The molecule has 3 aromatic carbocycles. The second kappa shape index (κ2) is 11.1. The van der Waals surface area contributed by atoms with Gasteiger partial charge in [-0.25, -0.2) is 0 Å². The largest absolute Gasteiger partial charge is 0.493 e. The molecule has 186 valence electrons. The van der Waals surface area contributed by atoms with Gasteiger partial charge in [0.15, 0.2) is 0 Å². The lowest BCUT2D eigenvalue weighted by Gasteiger charge is -2.31. The Hall–Kier alpha value is -3.41. The van der Waals surface area contributed by atoms with E-state index in [1.165, 1.54) is 24.0 Å². The number of hydrogen-bond acceptors (Lipinski definition) is 4. The predicted octanol–water partition coefficient (Wildman–Crippen LogP) is 5.65. The minimum Gasteiger partial charge on any atom is -0.493 e. The van der Waals surface area contributed by atoms with Crippen molar-refractivity contribution >= 4 is 17.7 Å². The summed E-state index contributed by atoms with van der Waals surface area (Å²) in [6.07, 6.45) is 4.93. The third-order valence-corrected chi connectivity index (χ3v) is 7.22. The fourth-order valence-electron chi connectivity index (χ4n) is 5.00. The highest BCUT2D eigenvalue weighted by Crippen LogP contribution is 2.31. The van der Waals surface area contributed by atoms with Gasteiger partial charge >= 0.3 is 0 Å². The van der Waals surface area contributed by atoms with Crippen molar-refractivity contribution in [2.45, 2.75) is 38.8 Å². The van der Waals surface area contributed by atoms with Crippen LogP contribution in [0.3, 0.4) is 0 Å². The Morgan fingerprint density at radius 1 is 1.00 bits per heavy atom. The number of piperidine rings is 1. The molecule has 0 aliphatic carbocycles. The van der Waals surface area contributed by atoms with Crippen molar-refractivity contribution in [3.63, 3.8) is 0 Å². The topological polar surface area (TPSA) is 53.6 Å². The van der Waals surface area contributed by atoms with Crippen molar-refractivity contribution in [1.29, 1.82) is 0 Å². The van der Waals surface area contributed by atoms with Crippen LogP contribution >= 0.6 is 0 Å². The molecule has 0 unspecified atom stereocenters. The van der Waals surface area contributed by atoms with Crippen molar-refractivity contribution < 1.29 is 9.53 Å². The molecule has 3 aromatic rings. The molecule has 0 saturated carbocycles. The maximum absolute atomic E-state index is 13.1. The lowest BCUT2D eigenvalue weighted by Crippen LogP contribution is -2.40. The molecule has 5 nitrogen and oxygen atoms in total. The number of carbonyl (C=O) groups excluding carboxylic acids is 1. The molecule has 2 N–H and O–H groups in total. The average Bonchev–Trinajstić information content (AvgIpc) is 3.13. The van der Waals surface area contributed by atoms with Gasteiger partial charge < -0.3 is 15.4 Å². The SMILES string of the molecule is Cc1ccc(-c2ccc3c(c2)C=C(C(=O)Nc2ccc(CN(C)C4CCNCC4)cc2)CCO3)cc1. The Bertz CT molecular complexity index is 1230. The quantitative estimate of drug-likeness (QED) is 0.478. The van der Waals surface area contributed by atoms with Gasteiger partial charge in [0.1, 0.15) is 5.75 Å². The lowest BCUT2D eigenvalue weighted by atomic mass is 10.00. The molecule has 5 rings (SSSR count). The van der Waals surface area contributed by atoms with Crippen molar-refractivity contribution in [3.8, 4) is 16.9 Å². The van der Waals surface area contributed by atoms with Gasteiger partial charge in [-0.15, -0.1) is 0 Å². The molecule has 0 radical (unpaired) electrons. The van der Waals surface area contributed by atoms with Gasteiger partial charge in [-0.3, -0.25) is 9.69 Å². The number of amides is 1. The summed E-state index contributed by atoms with van der Waals surface area (Å²) in [4.78, 5) is 15.6. The van der Waals surface area contributed by atoms with E-state index in [2.05, 4.69) is 78.0 Å². The standard InChI is InChI=1S/C31H35N3O2/c1-22-3-7-24(8-4-22)25-9-12-30-27(19-25)20-26(15-18-36-30)31(35)33-28-10-5-23(6-11-28)21-34(2)29-13-16-32-17-14-29/h3-12,19-20,29,32H,13-18,21H2,1-2H3,(H,33,35). The monoisotopic (exact) mass is 481 g/mol. The number of fused-ring (bicyclic) bond motifs is 1. The van der Waals surface area contributed by atoms with E-state index in [0.29, 0.717) is 19.1 Å². The summed E-state index contributed by atoms with van der Waals surface area (Å²) in [5.41, 5.74) is 7.23. The second-order valence-corrected chi connectivity index (χ2v) is 9.93. The summed E-state index contributed by atoms with van der Waals surface area (Å²) < 4.78 is 5.95. The van der Waals surface area contributed by atoms with Crippen molar-refractivity contribution in [3.05, 3.63) is 89.0 Å². The van der Waals surface area contributed by atoms with Gasteiger partial charge in [-0.05, 0) is 86.9 Å². The Balaban J connectivity index is 1.26. The molecule has 1 saturated heterocycles. The van der Waals surface area contributed by atoms with Gasteiger partial charge in [0, 0.05) is 35.8 Å². The zero-order valence-corrected chi connectivity index (χ0v) is 21.2. The molecule has 5 heteroatoms. The van der Waals surface area contributed by atoms with E-state index in [4.69, 9.17) is 4.74 Å². The lowest BCUT2D eigenvalue weighted by molar-refractivity contribution is -0.113. The molecule has 0 atom stereocenters. The van der Waals surface area contributed by atoms with E-state index in [0.717, 1.165) is 53.3 Å². The molecule has 1 amide bonds. The molecule has 2 aliphatic heterocycles. The summed E-state index contributed by atoms with van der Waals surface area (Å²) in [6, 6.07) is 23.5. The third kappa shape index (κ3) is 5.86. The molecule has 0 spiro atoms. The number of carbonyl (C=O) groups is 1. The highest BCUT2D eigenvalue weighted by atomic mass is 16.5. The van der Waals surface area contributed by atoms with E-state index >= 15 is 0 Å². The number of ether oxygens (including phenoxy) is 1. The Morgan fingerprint density at radius 3 is 2.47 bits per heavy atom. The highest BCUT2D eigenvalue weighted by molar-refractivity contribution is 6.07. The van der Waals surface area contributed by atoms with Gasteiger partial charge in [0.2, 0.25) is 0 Å². The van der Waals surface area contributed by atoms with E-state index in [9.17, 15) is 4.79 Å². The number of aryl methyl sites for hydroxylation is 1. The van der Waals surface area contributed by atoms with Gasteiger partial charge in [0.25, 0.3) is 5.91 Å². The summed E-state index contributed by atoms with van der Waals surface area (Å²) in [6.45, 7) is 5.68. The number of nitrogens with zero attached hydrogens (tertiary/aromatic N) is 1. The van der Waals surface area contributed by atoms with Crippen LogP contribution in [-0.2, 0) is 11.3 Å². The molecule has 1 fully saturated rings. The summed E-state index contributed by atoms with van der Waals surface area (Å²) in [5, 5.41) is 6.51. The first-order chi connectivity index (χ1) is 17.5. The van der Waals surface area contributed by atoms with Crippen LogP contribution in [0.2, 0.25) is 0 Å². The normalized spacial score (nSPS) is 16.0. The van der Waals surface area contributed by atoms with Gasteiger partial charge in [0.05, 0.1) is 6.61 Å². The summed E-state index contributed by atoms with van der Waals surface area (Å²) in [7, 11) is 2.20. The molecule has 2 aliphatic rings. The maximum Gasteiger partial charge on any atom is 0.251 e. The zero-order chi connectivity index (χ0) is 24.9. The first-order valence-corrected chi connectivity index (χ1v) is 12.9. The fraction of sp³-hybridized carbons (Fsp3) is 0.323. The summed E-state index contributed by atoms with van der Waals surface area (Å²) in [5.74, 6) is 0.739. The first-order valence-electron chi connectivity index (χ1n) is 12.9. The van der Waals surface area contributed by atoms with Crippen LogP contribution in [0.4, 0.5) is 5.69 Å². The molecular weight excluding hydrogens is 446 g/mol. The zero-order valence-electron chi connectivity index (χ0n) is 21.2. The Morgan fingerprint density at radius 2 is 1.72 bits per heavy atom. The van der Waals surface area contributed by atoms with Crippen LogP contribution < -0.4 is 15.4 Å². The number of hydrogen-bond donors (Lipinski definition) is 2. The number of nitrogens with one attached hydrogen (secondary N) is 2. The van der Waals surface area contributed by atoms with Crippen molar-refractivity contribution in [1.82, 2.24) is 10.2 Å². The number of anilines is 1. The average molecular weight is 482 g/mol. The van der Waals surface area contributed by atoms with Crippen LogP contribution in [0.1, 0.15) is 36.0 Å². The minimum atomic E-state index is -0.0771. The van der Waals surface area contributed by atoms with Crippen LogP contribution in [0, 0.1) is 6.92 Å². The van der Waals surface area contributed by atoms with Crippen molar-refractivity contribution in [2.24, 2.45) is 0 Å². The molecule has 0 aromatic heterocycles. The Labute approximate surface area is 214 Å². The van der Waals surface area contributed by atoms with E-state index in [-0.39, 0.29) is 5.91 Å². The fourth-order valence-corrected chi connectivity index (χ4v) is 5.00. The number of benzene rings is 3. The van der Waals surface area contributed by atoms with Crippen molar-refractivity contribution in [2.75, 3.05) is 32.1 Å². The highest BCUT2D eigenvalue weighted by Gasteiger charge is 2.19. The third-order valence-electron chi connectivity index (χ3n) is 7.22. The first kappa shape index (κ1) is 24.3. The van der Waals surface area contributed by atoms with E-state index in [1.54, 1.807) is 0 Å². The second-order valence-electron chi connectivity index (χ2n) is 9.93. The minimum absolute atomic E-state index is 0.0771. The number of rotatable bonds is 6. The van der Waals surface area contributed by atoms with Crippen LogP contribution in [0.25, 0.3) is 17.2 Å². The molecular formula is C31H35N3O2. The van der Waals surface area contributed by atoms with Gasteiger partial charge in [-0.2, -0.15) is 0 Å². The summed E-state index contributed by atoms with van der Waals surface area (Å²) >= 11 is 0. The smallest absolute Gasteiger partial charge is 0.251 e. The van der Waals surface area contributed by atoms with Gasteiger partial charge in [-0.1, -0.05) is 48.0 Å². The van der Waals surface area contributed by atoms with Crippen LogP contribution in [-0.4, -0.2) is 43.6 Å².